The van der Waals surface area contributed by atoms with Gasteiger partial charge >= 0.3 is 0 Å². The van der Waals surface area contributed by atoms with Gasteiger partial charge in [-0.15, -0.1) is 0 Å². The molecule has 0 spiro atoms. The summed E-state index contributed by atoms with van der Waals surface area (Å²) in [6.45, 7) is 15.2. The van der Waals surface area contributed by atoms with E-state index in [4.69, 9.17) is 4.43 Å². The first-order valence-electron chi connectivity index (χ1n) is 5.83. The van der Waals surface area contributed by atoms with Crippen LogP contribution in [0.25, 0.3) is 0 Å². The zero-order valence-electron chi connectivity index (χ0n) is 11.4. The third-order valence-corrected chi connectivity index (χ3v) is 8.49. The quantitative estimate of drug-likeness (QED) is 0.417. The molecule has 0 radical (unpaired) electrons. The summed E-state index contributed by atoms with van der Waals surface area (Å²) >= 11 is 1.60. The first-order chi connectivity index (χ1) is 7.72. The molecule has 0 atom stereocenters. The molecule has 0 bridgehead atoms. The average molecular weight is 266 g/mol. The van der Waals surface area contributed by atoms with Gasteiger partial charge in [-0.25, -0.2) is 0 Å². The molecule has 0 fully saturated rings. The van der Waals surface area contributed by atoms with Crippen LogP contribution in [0.1, 0.15) is 20.8 Å². The molecule has 1 rings (SSSR count). The van der Waals surface area contributed by atoms with Crippen molar-refractivity contribution in [1.29, 1.82) is 0 Å². The summed E-state index contributed by atoms with van der Waals surface area (Å²) in [6.07, 6.45) is 0. The highest BCUT2D eigenvalue weighted by Crippen LogP contribution is 2.40. The number of rotatable bonds is 4. The van der Waals surface area contributed by atoms with Crippen LogP contribution in [0.3, 0.4) is 0 Å². The Hall–Kier alpha value is -0.673. The number of hydrogen-bond donors (Lipinski definition) is 0. The Kier molecular flexibility index (Phi) is 4.50. The van der Waals surface area contributed by atoms with E-state index in [-0.39, 0.29) is 5.04 Å². The molecule has 0 aliphatic rings. The Balaban J connectivity index is 2.62. The van der Waals surface area contributed by atoms with E-state index in [1.807, 2.05) is 18.2 Å². The van der Waals surface area contributed by atoms with Crippen molar-refractivity contribution in [2.45, 2.75) is 43.8 Å². The predicted molar refractivity (Wildman–Crippen MR) is 79.7 cm³/mol. The molecule has 0 heterocycles. The van der Waals surface area contributed by atoms with Crippen LogP contribution >= 0.6 is 11.8 Å². The van der Waals surface area contributed by atoms with E-state index in [1.54, 1.807) is 11.8 Å². The van der Waals surface area contributed by atoms with Crippen LogP contribution in [0, 0.1) is 0 Å². The fraction of sp³-hybridized carbons (Fsp3) is 0.429. The maximum absolute atomic E-state index is 6.11. The lowest BCUT2D eigenvalue weighted by Crippen LogP contribution is -2.39. The van der Waals surface area contributed by atoms with Crippen LogP contribution in [0.2, 0.25) is 18.1 Å². The Morgan fingerprint density at radius 3 is 2.18 bits per heavy atom. The van der Waals surface area contributed by atoms with Crippen molar-refractivity contribution in [1.82, 2.24) is 0 Å². The molecule has 3 heteroatoms. The van der Waals surface area contributed by atoms with Gasteiger partial charge in [0.1, 0.15) is 5.09 Å². The van der Waals surface area contributed by atoms with Crippen molar-refractivity contribution in [3.05, 3.63) is 42.0 Å². The highest BCUT2D eigenvalue weighted by molar-refractivity contribution is 8.03. The van der Waals surface area contributed by atoms with Gasteiger partial charge in [-0.2, -0.15) is 0 Å². The molecule has 1 aromatic carbocycles. The van der Waals surface area contributed by atoms with Crippen LogP contribution in [0.4, 0.5) is 0 Å². The van der Waals surface area contributed by atoms with Gasteiger partial charge in [0, 0.05) is 4.90 Å². The smallest absolute Gasteiger partial charge is 0.251 e. The molecule has 0 amide bonds. The lowest BCUT2D eigenvalue weighted by atomic mass is 10.2. The summed E-state index contributed by atoms with van der Waals surface area (Å²) < 4.78 is 6.11. The highest BCUT2D eigenvalue weighted by Gasteiger charge is 2.39. The van der Waals surface area contributed by atoms with E-state index < -0.39 is 8.32 Å². The van der Waals surface area contributed by atoms with Gasteiger partial charge in [-0.05, 0) is 30.3 Å². The molecule has 0 aliphatic carbocycles. The Labute approximate surface area is 110 Å². The monoisotopic (exact) mass is 266 g/mol. The molecule has 17 heavy (non-hydrogen) atoms. The van der Waals surface area contributed by atoms with Crippen LogP contribution in [-0.2, 0) is 4.43 Å². The fourth-order valence-corrected chi connectivity index (χ4v) is 3.30. The second kappa shape index (κ2) is 5.32. The molecule has 0 saturated heterocycles. The van der Waals surface area contributed by atoms with Gasteiger partial charge in [0.15, 0.2) is 0 Å². The zero-order chi connectivity index (χ0) is 13.1. The first-order valence-corrected chi connectivity index (χ1v) is 9.56. The van der Waals surface area contributed by atoms with Crippen molar-refractivity contribution in [3.63, 3.8) is 0 Å². The average Bonchev–Trinajstić information content (AvgIpc) is 2.16. The van der Waals surface area contributed by atoms with E-state index in [1.165, 1.54) is 4.90 Å². The molecule has 0 aliphatic heterocycles. The summed E-state index contributed by atoms with van der Waals surface area (Å²) in [5.74, 6) is 0. The lowest BCUT2D eigenvalue weighted by molar-refractivity contribution is 0.419. The minimum absolute atomic E-state index is 0.215. The summed E-state index contributed by atoms with van der Waals surface area (Å²) in [4.78, 5) is 1.18. The summed E-state index contributed by atoms with van der Waals surface area (Å²) in [5.41, 5.74) is 0. The Bertz CT molecular complexity index is 379. The van der Waals surface area contributed by atoms with Crippen molar-refractivity contribution in [2.24, 2.45) is 0 Å². The van der Waals surface area contributed by atoms with Crippen LogP contribution in [0.5, 0.6) is 0 Å². The van der Waals surface area contributed by atoms with Crippen molar-refractivity contribution in [3.8, 4) is 0 Å². The summed E-state index contributed by atoms with van der Waals surface area (Å²) in [6, 6.07) is 10.2. The minimum atomic E-state index is -1.74. The second-order valence-electron chi connectivity index (χ2n) is 5.65. The first kappa shape index (κ1) is 14.4. The van der Waals surface area contributed by atoms with Crippen LogP contribution < -0.4 is 0 Å². The number of hydrogen-bond acceptors (Lipinski definition) is 2. The maximum Gasteiger partial charge on any atom is 0.251 e. The zero-order valence-corrected chi connectivity index (χ0v) is 13.2. The van der Waals surface area contributed by atoms with Gasteiger partial charge in [-0.3, -0.25) is 0 Å². The van der Waals surface area contributed by atoms with Crippen LogP contribution in [0.15, 0.2) is 46.9 Å². The van der Waals surface area contributed by atoms with E-state index in [2.05, 4.69) is 52.6 Å². The van der Waals surface area contributed by atoms with E-state index in [9.17, 15) is 0 Å². The molecule has 1 aromatic rings. The van der Waals surface area contributed by atoms with E-state index >= 15 is 0 Å². The third kappa shape index (κ3) is 4.24. The predicted octanol–water partition coefficient (Wildman–Crippen LogP) is 5.27. The van der Waals surface area contributed by atoms with Gasteiger partial charge in [0.2, 0.25) is 0 Å². The van der Waals surface area contributed by atoms with E-state index in [0.29, 0.717) is 0 Å². The minimum Gasteiger partial charge on any atom is -0.539 e. The summed E-state index contributed by atoms with van der Waals surface area (Å²) in [7, 11) is -1.74. The molecule has 0 saturated carbocycles. The summed E-state index contributed by atoms with van der Waals surface area (Å²) in [5, 5.41) is 1.02. The molecule has 94 valence electrons. The van der Waals surface area contributed by atoms with Gasteiger partial charge < -0.3 is 4.43 Å². The van der Waals surface area contributed by atoms with E-state index in [0.717, 1.165) is 5.09 Å². The Morgan fingerprint density at radius 2 is 1.71 bits per heavy atom. The van der Waals surface area contributed by atoms with Crippen LogP contribution in [-0.4, -0.2) is 8.32 Å². The third-order valence-electron chi connectivity index (χ3n) is 3.15. The van der Waals surface area contributed by atoms with Crippen molar-refractivity contribution < 1.29 is 4.43 Å². The van der Waals surface area contributed by atoms with Crippen molar-refractivity contribution >= 4 is 20.1 Å². The molecule has 1 nitrogen and oxygen atoms in total. The normalized spacial score (nSPS) is 12.3. The van der Waals surface area contributed by atoms with Crippen molar-refractivity contribution in [2.75, 3.05) is 0 Å². The molecule has 0 N–H and O–H groups in total. The second-order valence-corrected chi connectivity index (χ2v) is 11.5. The maximum atomic E-state index is 6.11. The molecule has 0 aromatic heterocycles. The fourth-order valence-electron chi connectivity index (χ4n) is 1.08. The molecular weight excluding hydrogens is 244 g/mol. The molecule has 0 unspecified atom stereocenters. The van der Waals surface area contributed by atoms with Gasteiger partial charge in [0.25, 0.3) is 8.32 Å². The topological polar surface area (TPSA) is 9.23 Å². The SMILES string of the molecule is C=C(O[Si](C)(C)C(C)(C)C)Sc1ccccc1. The standard InChI is InChI=1S/C14H22OSSi/c1-12(15-17(5,6)14(2,3)4)16-13-10-8-7-9-11-13/h7-11H,1H2,2-6H3. The van der Waals surface area contributed by atoms with Gasteiger partial charge in [-0.1, -0.05) is 57.3 Å². The highest BCUT2D eigenvalue weighted by atomic mass is 32.2. The molecular formula is C14H22OSSi. The largest absolute Gasteiger partial charge is 0.539 e. The number of thioether (sulfide) groups is 1. The van der Waals surface area contributed by atoms with Gasteiger partial charge in [0.05, 0.1) is 0 Å². The lowest BCUT2D eigenvalue weighted by Gasteiger charge is -2.36. The number of benzene rings is 1. The Morgan fingerprint density at radius 1 is 1.18 bits per heavy atom.